The highest BCUT2D eigenvalue weighted by Gasteiger charge is 2.36. The first-order valence-corrected chi connectivity index (χ1v) is 28.2. The Morgan fingerprint density at radius 1 is 0.849 bits per heavy atom. The van der Waals surface area contributed by atoms with Crippen molar-refractivity contribution in [2.24, 2.45) is 5.41 Å². The minimum absolute atomic E-state index is 0.0194. The summed E-state index contributed by atoms with van der Waals surface area (Å²) >= 11 is 8.03. The van der Waals surface area contributed by atoms with E-state index in [-0.39, 0.29) is 33.4 Å². The second kappa shape index (κ2) is 25.3. The van der Waals surface area contributed by atoms with Crippen LogP contribution in [0.5, 0.6) is 0 Å². The van der Waals surface area contributed by atoms with Gasteiger partial charge in [0.1, 0.15) is 6.42 Å². The second-order valence-electron chi connectivity index (χ2n) is 20.0. The number of halogens is 1. The first-order valence-electron chi connectivity index (χ1n) is 25.4. The van der Waals surface area contributed by atoms with E-state index in [0.717, 1.165) is 127 Å². The number of nitrogens with zero attached hydrogens (tertiary/aromatic N) is 5. The fourth-order valence-corrected chi connectivity index (χ4v) is 12.6. The Hall–Kier alpha value is -5.27. The highest BCUT2D eigenvalue weighted by molar-refractivity contribution is 7.99. The van der Waals surface area contributed by atoms with Crippen molar-refractivity contribution in [3.05, 3.63) is 124 Å². The summed E-state index contributed by atoms with van der Waals surface area (Å²) in [6.07, 6.45) is 4.87. The summed E-state index contributed by atoms with van der Waals surface area (Å²) in [6, 6.07) is 29.6. The molecular formula is C55H68ClN7O8S2. The average molecular weight is 1050 g/mol. The Morgan fingerprint density at radius 2 is 1.58 bits per heavy atom. The molecule has 4 aromatic rings. The van der Waals surface area contributed by atoms with E-state index in [2.05, 4.69) is 60.8 Å². The fourth-order valence-electron chi connectivity index (χ4n) is 10.5. The number of hydrogen-bond donors (Lipinski definition) is 3. The molecule has 1 unspecified atom stereocenters. The fraction of sp³-hybridized carbons (Fsp3) is 0.455. The zero-order valence-electron chi connectivity index (χ0n) is 41.7. The molecule has 15 nitrogen and oxygen atoms in total. The third-order valence-corrected chi connectivity index (χ3v) is 17.3. The number of nitrogens with one attached hydrogen (secondary N) is 2. The van der Waals surface area contributed by atoms with E-state index in [4.69, 9.17) is 21.4 Å². The molecule has 4 aliphatic rings. The van der Waals surface area contributed by atoms with Gasteiger partial charge in [-0.1, -0.05) is 54.4 Å². The van der Waals surface area contributed by atoms with E-state index in [1.165, 1.54) is 28.8 Å². The number of carboxylic acid groups (broad SMARTS) is 1. The number of benzene rings is 4. The van der Waals surface area contributed by atoms with Gasteiger partial charge in [-0.25, -0.2) is 13.1 Å². The molecule has 3 heterocycles. The van der Waals surface area contributed by atoms with Crippen LogP contribution in [-0.2, 0) is 24.3 Å². The monoisotopic (exact) mass is 1050 g/mol. The first kappa shape index (κ1) is 54.0. The molecule has 8 rings (SSSR count). The number of anilines is 2. The van der Waals surface area contributed by atoms with E-state index >= 15 is 0 Å². The van der Waals surface area contributed by atoms with Crippen LogP contribution in [0.1, 0.15) is 71.7 Å². The molecule has 3 aliphatic heterocycles. The van der Waals surface area contributed by atoms with Crippen LogP contribution in [0.25, 0.3) is 5.57 Å². The van der Waals surface area contributed by atoms with Gasteiger partial charge in [0, 0.05) is 136 Å². The summed E-state index contributed by atoms with van der Waals surface area (Å²) in [4.78, 5) is 61.6. The summed E-state index contributed by atoms with van der Waals surface area (Å²) in [7, 11) is -4.32. The largest absolute Gasteiger partial charge is 0.481 e. The average Bonchev–Trinajstić information content (AvgIpc) is 3.67. The first-order chi connectivity index (χ1) is 35.2. The Morgan fingerprint density at radius 3 is 2.29 bits per heavy atom. The van der Waals surface area contributed by atoms with Crippen molar-refractivity contribution in [3.8, 4) is 0 Å². The van der Waals surface area contributed by atoms with Gasteiger partial charge < -0.3 is 29.9 Å². The molecule has 0 radical (unpaired) electrons. The maximum atomic E-state index is 13.6. The van der Waals surface area contributed by atoms with Gasteiger partial charge >= 0.3 is 5.97 Å². The lowest BCUT2D eigenvalue weighted by atomic mass is 9.71. The summed E-state index contributed by atoms with van der Waals surface area (Å²) in [5.74, 6) is -1.45. The highest BCUT2D eigenvalue weighted by atomic mass is 35.5. The molecule has 3 N–H and O–H groups in total. The molecule has 0 spiro atoms. The van der Waals surface area contributed by atoms with Crippen molar-refractivity contribution in [2.75, 3.05) is 114 Å². The lowest BCUT2D eigenvalue weighted by Gasteiger charge is -2.44. The second-order valence-corrected chi connectivity index (χ2v) is 23.2. The van der Waals surface area contributed by atoms with Gasteiger partial charge in [0.2, 0.25) is 5.91 Å². The number of carbonyl (C=O) groups excluding carboxylic acids is 3. The smallest absolute Gasteiger partial charge is 0.312 e. The van der Waals surface area contributed by atoms with Gasteiger partial charge in [0.15, 0.2) is 6.29 Å². The molecular weight excluding hydrogens is 986 g/mol. The summed E-state index contributed by atoms with van der Waals surface area (Å²) < 4.78 is 35.1. The number of rotatable bonds is 20. The SMILES string of the molecule is C[C@@]1(CN2CCN(C(=O)CC(=O)O)CC2)CCC(c2ccc(Cl)cc2)=C(CN2CCN(c3ccc(C(=O)NS(=O)(=O)c4ccc(NC(CCN5CCCOCC5)CSc5ccccc5)c(C=O)c4)cc3)CC2)C1. The standard InChI is InChI=1S/C55H68ClN7O8S2/c1-55(40-61-25-29-63(30-26-61)52(65)35-53(66)67)20-18-50(41-8-12-45(56)13-9-41)44(36-55)37-60-23-27-62(28-24-60)47-14-10-42(11-15-47)54(68)58-73(69,70)49-16-17-51(43(34-49)38-64)57-46(39-72-48-6-3-2-4-7-48)19-22-59-21-5-32-71-33-31-59/h2-4,6-17,34,38,46,57H,5,18-33,35-37,39-40H2,1H3,(H,58,68)(H,66,67)/t46?,55-/m1/s1. The Balaban J connectivity index is 0.857. The van der Waals surface area contributed by atoms with Crippen molar-refractivity contribution >= 4 is 74.4 Å². The Kier molecular flexibility index (Phi) is 18.7. The normalized spacial score (nSPS) is 20.0. The van der Waals surface area contributed by atoms with Gasteiger partial charge in [0.05, 0.1) is 11.5 Å². The minimum Gasteiger partial charge on any atom is -0.481 e. The van der Waals surface area contributed by atoms with Crippen LogP contribution in [0, 0.1) is 5.41 Å². The van der Waals surface area contributed by atoms with Gasteiger partial charge in [-0.05, 0) is 115 Å². The van der Waals surface area contributed by atoms with Crippen molar-refractivity contribution in [1.82, 2.24) is 24.3 Å². The predicted molar refractivity (Wildman–Crippen MR) is 288 cm³/mol. The highest BCUT2D eigenvalue weighted by Crippen LogP contribution is 2.44. The maximum Gasteiger partial charge on any atom is 0.312 e. The van der Waals surface area contributed by atoms with Crippen LogP contribution >= 0.6 is 23.4 Å². The molecule has 4 aromatic carbocycles. The molecule has 3 saturated heterocycles. The van der Waals surface area contributed by atoms with E-state index in [9.17, 15) is 27.6 Å². The summed E-state index contributed by atoms with van der Waals surface area (Å²) in [5, 5.41) is 13.3. The number of carbonyl (C=O) groups is 4. The van der Waals surface area contributed by atoms with E-state index in [1.54, 1.807) is 34.9 Å². The summed E-state index contributed by atoms with van der Waals surface area (Å²) in [5.41, 5.74) is 5.88. The third kappa shape index (κ3) is 15.2. The van der Waals surface area contributed by atoms with Crippen LogP contribution in [0.4, 0.5) is 11.4 Å². The molecule has 3 fully saturated rings. The van der Waals surface area contributed by atoms with Crippen molar-refractivity contribution in [2.45, 2.75) is 61.3 Å². The molecule has 390 valence electrons. The van der Waals surface area contributed by atoms with Crippen LogP contribution in [0.15, 0.2) is 112 Å². The molecule has 1 aliphatic carbocycles. The molecule has 2 amide bonds. The van der Waals surface area contributed by atoms with Gasteiger partial charge in [-0.3, -0.25) is 29.0 Å². The van der Waals surface area contributed by atoms with E-state index in [1.807, 2.05) is 42.5 Å². The van der Waals surface area contributed by atoms with Crippen molar-refractivity contribution < 1.29 is 37.4 Å². The zero-order valence-corrected chi connectivity index (χ0v) is 44.1. The topological polar surface area (TPSA) is 172 Å². The number of hydrogen-bond acceptors (Lipinski definition) is 13. The Labute approximate surface area is 439 Å². The number of piperazine rings is 2. The number of aliphatic carboxylic acids is 1. The van der Waals surface area contributed by atoms with Crippen LogP contribution in [0.3, 0.4) is 0 Å². The number of thioether (sulfide) groups is 1. The predicted octanol–water partition coefficient (Wildman–Crippen LogP) is 7.34. The van der Waals surface area contributed by atoms with Crippen LogP contribution < -0.4 is 14.9 Å². The molecule has 0 bridgehead atoms. The van der Waals surface area contributed by atoms with E-state index < -0.39 is 28.3 Å². The lowest BCUT2D eigenvalue weighted by Crippen LogP contribution is -2.52. The quantitative estimate of drug-likeness (QED) is 0.0456. The molecule has 2 atom stereocenters. The van der Waals surface area contributed by atoms with E-state index in [0.29, 0.717) is 36.7 Å². The number of ether oxygens (including phenoxy) is 1. The maximum absolute atomic E-state index is 13.6. The van der Waals surface area contributed by atoms with Gasteiger partial charge in [-0.2, -0.15) is 0 Å². The number of aldehydes is 1. The third-order valence-electron chi connectivity index (χ3n) is 14.5. The van der Waals surface area contributed by atoms with Crippen LogP contribution in [-0.4, -0.2) is 167 Å². The molecule has 0 aromatic heterocycles. The van der Waals surface area contributed by atoms with Gasteiger partial charge in [0.25, 0.3) is 15.9 Å². The number of sulfonamides is 1. The zero-order chi connectivity index (χ0) is 51.4. The lowest BCUT2D eigenvalue weighted by molar-refractivity contribution is -0.145. The number of amides is 2. The van der Waals surface area contributed by atoms with Crippen molar-refractivity contribution in [1.29, 1.82) is 0 Å². The molecule has 0 saturated carbocycles. The van der Waals surface area contributed by atoms with Crippen molar-refractivity contribution in [3.63, 3.8) is 0 Å². The number of carboxylic acids is 1. The minimum atomic E-state index is -4.32. The molecule has 73 heavy (non-hydrogen) atoms. The summed E-state index contributed by atoms with van der Waals surface area (Å²) in [6.45, 7) is 14.0. The molecule has 18 heteroatoms. The Bertz CT molecular complexity index is 2670. The van der Waals surface area contributed by atoms with Gasteiger partial charge in [-0.15, -0.1) is 11.8 Å². The van der Waals surface area contributed by atoms with Crippen LogP contribution in [0.2, 0.25) is 5.02 Å². The number of allylic oxidation sites excluding steroid dienone is 1.